The first-order valence-electron chi connectivity index (χ1n) is 13.5. The van der Waals surface area contributed by atoms with Crippen molar-refractivity contribution in [2.75, 3.05) is 0 Å². The highest BCUT2D eigenvalue weighted by atomic mass is 16.6. The zero-order valence-electron chi connectivity index (χ0n) is 22.0. The number of ketones is 1. The SMILES string of the molecule is CCC1CC23OC(=O)C(=C(O)C4(C)C(C=CC5C(O)C(C)C(O)CC54)CC=CCC2(C)C=C1C)C3=O. The fourth-order valence-corrected chi connectivity index (χ4v) is 8.03. The fraction of sp³-hybridized carbons (Fsp3) is 0.667. The Labute approximate surface area is 213 Å². The molecule has 0 aromatic heterocycles. The van der Waals surface area contributed by atoms with Gasteiger partial charge in [-0.05, 0) is 50.4 Å². The second-order valence-corrected chi connectivity index (χ2v) is 12.4. The van der Waals surface area contributed by atoms with Crippen molar-refractivity contribution in [1.29, 1.82) is 0 Å². The van der Waals surface area contributed by atoms with E-state index >= 15 is 0 Å². The van der Waals surface area contributed by atoms with Crippen LogP contribution in [0.15, 0.2) is 47.3 Å². The van der Waals surface area contributed by atoms with Gasteiger partial charge in [-0.1, -0.05) is 63.6 Å². The first-order valence-corrected chi connectivity index (χ1v) is 13.5. The van der Waals surface area contributed by atoms with E-state index in [1.165, 1.54) is 5.57 Å². The summed E-state index contributed by atoms with van der Waals surface area (Å²) >= 11 is 0. The van der Waals surface area contributed by atoms with Crippen molar-refractivity contribution in [3.8, 4) is 0 Å². The van der Waals surface area contributed by atoms with Crippen LogP contribution in [0.4, 0.5) is 0 Å². The first kappa shape index (κ1) is 25.5. The minimum Gasteiger partial charge on any atom is -0.511 e. The summed E-state index contributed by atoms with van der Waals surface area (Å²) in [6.45, 7) is 9.85. The smallest absolute Gasteiger partial charge is 0.346 e. The predicted molar refractivity (Wildman–Crippen MR) is 136 cm³/mol. The molecule has 2 bridgehead atoms. The van der Waals surface area contributed by atoms with Gasteiger partial charge in [0.15, 0.2) is 5.60 Å². The molecule has 6 heteroatoms. The minimum atomic E-state index is -1.36. The number of allylic oxidation sites excluding steroid dienone is 5. The Morgan fingerprint density at radius 2 is 1.86 bits per heavy atom. The van der Waals surface area contributed by atoms with Crippen LogP contribution in [0.1, 0.15) is 66.7 Å². The largest absolute Gasteiger partial charge is 0.511 e. The maximum Gasteiger partial charge on any atom is 0.346 e. The van der Waals surface area contributed by atoms with Crippen LogP contribution in [0.2, 0.25) is 0 Å². The Balaban J connectivity index is 1.72. The molecule has 1 spiro atoms. The van der Waals surface area contributed by atoms with Gasteiger partial charge in [0, 0.05) is 29.1 Å². The second kappa shape index (κ2) is 8.42. The monoisotopic (exact) mass is 496 g/mol. The Morgan fingerprint density at radius 3 is 2.56 bits per heavy atom. The Morgan fingerprint density at radius 1 is 1.14 bits per heavy atom. The van der Waals surface area contributed by atoms with Crippen LogP contribution in [0.5, 0.6) is 0 Å². The van der Waals surface area contributed by atoms with Gasteiger partial charge in [0.2, 0.25) is 5.78 Å². The Kier molecular flexibility index (Phi) is 5.96. The average molecular weight is 497 g/mol. The van der Waals surface area contributed by atoms with Crippen molar-refractivity contribution < 1.29 is 29.6 Å². The van der Waals surface area contributed by atoms with Crippen molar-refractivity contribution in [2.45, 2.75) is 84.5 Å². The number of aliphatic hydroxyl groups is 3. The van der Waals surface area contributed by atoms with Gasteiger partial charge in [0.05, 0.1) is 12.2 Å². The summed E-state index contributed by atoms with van der Waals surface area (Å²) in [5.74, 6) is -2.46. The van der Waals surface area contributed by atoms with Crippen LogP contribution in [-0.2, 0) is 14.3 Å². The molecule has 1 heterocycles. The number of carbonyl (C=O) groups is 2. The third-order valence-electron chi connectivity index (χ3n) is 10.7. The molecule has 5 aliphatic rings. The average Bonchev–Trinajstić information content (AvgIpc) is 3.08. The van der Waals surface area contributed by atoms with Crippen LogP contribution >= 0.6 is 0 Å². The maximum atomic E-state index is 14.3. The summed E-state index contributed by atoms with van der Waals surface area (Å²) in [5.41, 5.74) is -2.15. The normalized spacial score (nSPS) is 48.4. The number of hydrogen-bond donors (Lipinski definition) is 3. The van der Waals surface area contributed by atoms with Crippen LogP contribution in [0.25, 0.3) is 0 Å². The van der Waals surface area contributed by atoms with Crippen molar-refractivity contribution in [3.63, 3.8) is 0 Å². The van der Waals surface area contributed by atoms with Gasteiger partial charge in [-0.15, -0.1) is 0 Å². The minimum absolute atomic E-state index is 0.112. The summed E-state index contributed by atoms with van der Waals surface area (Å²) in [5, 5.41) is 33.8. The number of carbonyl (C=O) groups excluding carboxylic acids is 2. The van der Waals surface area contributed by atoms with Crippen LogP contribution in [0.3, 0.4) is 0 Å². The van der Waals surface area contributed by atoms with Crippen molar-refractivity contribution in [2.24, 2.45) is 40.4 Å². The maximum absolute atomic E-state index is 14.3. The number of fused-ring (bicyclic) bond motifs is 4. The predicted octanol–water partition coefficient (Wildman–Crippen LogP) is 4.58. The molecule has 10 unspecified atom stereocenters. The molecular weight excluding hydrogens is 456 g/mol. The third kappa shape index (κ3) is 3.22. The second-order valence-electron chi connectivity index (χ2n) is 12.4. The molecule has 0 radical (unpaired) electrons. The van der Waals surface area contributed by atoms with E-state index in [0.29, 0.717) is 25.7 Å². The van der Waals surface area contributed by atoms with E-state index in [1.54, 1.807) is 0 Å². The van der Waals surface area contributed by atoms with Crippen molar-refractivity contribution in [1.82, 2.24) is 0 Å². The molecule has 0 amide bonds. The van der Waals surface area contributed by atoms with E-state index in [2.05, 4.69) is 32.1 Å². The van der Waals surface area contributed by atoms with Gasteiger partial charge in [0.25, 0.3) is 0 Å². The molecular formula is C30H40O6. The molecule has 3 N–H and O–H groups in total. The number of ether oxygens (including phenoxy) is 1. The van der Waals surface area contributed by atoms with Gasteiger partial charge in [-0.2, -0.15) is 0 Å². The lowest BCUT2D eigenvalue weighted by molar-refractivity contribution is -0.165. The zero-order chi connectivity index (χ0) is 26.2. The Hall–Kier alpha value is -2.18. The molecule has 4 aliphatic carbocycles. The van der Waals surface area contributed by atoms with Crippen molar-refractivity contribution >= 4 is 11.8 Å². The summed E-state index contributed by atoms with van der Waals surface area (Å²) in [7, 11) is 0. The first-order chi connectivity index (χ1) is 16.9. The molecule has 0 aromatic rings. The zero-order valence-corrected chi connectivity index (χ0v) is 22.0. The molecule has 0 aromatic carbocycles. The number of hydrogen-bond acceptors (Lipinski definition) is 6. The molecule has 10 atom stereocenters. The molecule has 196 valence electrons. The Bertz CT molecular complexity index is 1100. The van der Waals surface area contributed by atoms with E-state index in [1.807, 2.05) is 32.9 Å². The summed E-state index contributed by atoms with van der Waals surface area (Å²) < 4.78 is 6.07. The molecule has 2 fully saturated rings. The standard InChI is InChI=1S/C30H40O6/c1-6-18-15-30-26(34)23(27(35)36-30)25(33)29(5)19(9-7-8-12-28(30,4)14-16(18)2)10-11-20-21(29)13-22(31)17(3)24(20)32/h7-8,10-11,14,17-22,24,31-33H,6,9,12-13,15H2,1-5H3. The van der Waals surface area contributed by atoms with Crippen molar-refractivity contribution in [3.05, 3.63) is 47.3 Å². The van der Waals surface area contributed by atoms with Crippen LogP contribution < -0.4 is 0 Å². The lowest BCUT2D eigenvalue weighted by Gasteiger charge is -2.53. The topological polar surface area (TPSA) is 104 Å². The van der Waals surface area contributed by atoms with Gasteiger partial charge < -0.3 is 20.1 Å². The lowest BCUT2D eigenvalue weighted by Crippen LogP contribution is -2.55. The highest BCUT2D eigenvalue weighted by Crippen LogP contribution is 2.60. The van der Waals surface area contributed by atoms with E-state index in [9.17, 15) is 24.9 Å². The summed E-state index contributed by atoms with van der Waals surface area (Å²) in [4.78, 5) is 27.8. The summed E-state index contributed by atoms with van der Waals surface area (Å²) in [6, 6.07) is 0. The van der Waals surface area contributed by atoms with Crippen LogP contribution in [-0.4, -0.2) is 44.9 Å². The molecule has 6 nitrogen and oxygen atoms in total. The molecule has 36 heavy (non-hydrogen) atoms. The summed E-state index contributed by atoms with van der Waals surface area (Å²) in [6.07, 6.45) is 11.5. The van der Waals surface area contributed by atoms with E-state index in [4.69, 9.17) is 4.74 Å². The number of esters is 1. The van der Waals surface area contributed by atoms with E-state index in [-0.39, 0.29) is 40.9 Å². The highest BCUT2D eigenvalue weighted by molar-refractivity contribution is 6.26. The molecule has 1 aliphatic heterocycles. The van der Waals surface area contributed by atoms with Gasteiger partial charge in [0.1, 0.15) is 11.3 Å². The third-order valence-corrected chi connectivity index (χ3v) is 10.7. The highest BCUT2D eigenvalue weighted by Gasteiger charge is 2.66. The van der Waals surface area contributed by atoms with Gasteiger partial charge in [-0.25, -0.2) is 4.79 Å². The fourth-order valence-electron chi connectivity index (χ4n) is 8.03. The quantitative estimate of drug-likeness (QED) is 0.279. The van der Waals surface area contributed by atoms with E-state index in [0.717, 1.165) is 6.42 Å². The number of rotatable bonds is 1. The number of aliphatic hydroxyl groups excluding tert-OH is 3. The van der Waals surface area contributed by atoms with Gasteiger partial charge >= 0.3 is 5.97 Å². The lowest BCUT2D eigenvalue weighted by atomic mass is 9.52. The number of Topliss-reactive ketones (excluding diaryl/α,β-unsaturated/α-hetero) is 1. The molecule has 1 saturated carbocycles. The van der Waals surface area contributed by atoms with E-state index < -0.39 is 40.4 Å². The molecule has 5 rings (SSSR count). The van der Waals surface area contributed by atoms with Crippen LogP contribution in [0, 0.1) is 40.4 Å². The van der Waals surface area contributed by atoms with Gasteiger partial charge in [-0.3, -0.25) is 4.79 Å². The molecule has 1 saturated heterocycles.